The van der Waals surface area contributed by atoms with Crippen LogP contribution in [0.1, 0.15) is 34.3 Å². The average Bonchev–Trinajstić information content (AvgIpc) is 2.94. The highest BCUT2D eigenvalue weighted by molar-refractivity contribution is 7.92. The number of hydrogen-bond acceptors (Lipinski definition) is 4. The largest absolute Gasteiger partial charge is 0.450 e. The summed E-state index contributed by atoms with van der Waals surface area (Å²) in [5, 5.41) is 1.24. The smallest absolute Gasteiger partial charge is 0.339 e. The summed E-state index contributed by atoms with van der Waals surface area (Å²) in [6.45, 7) is 0.645. The van der Waals surface area contributed by atoms with E-state index in [-0.39, 0.29) is 5.97 Å². The lowest BCUT2D eigenvalue weighted by atomic mass is 9.84. The minimum atomic E-state index is -3.51. The van der Waals surface area contributed by atoms with Crippen molar-refractivity contribution in [3.05, 3.63) is 76.7 Å². The van der Waals surface area contributed by atoms with E-state index in [1.54, 1.807) is 12.1 Å². The van der Waals surface area contributed by atoms with E-state index in [1.807, 2.05) is 48.5 Å². The highest BCUT2D eigenvalue weighted by Crippen LogP contribution is 2.44. The molecule has 0 amide bonds. The van der Waals surface area contributed by atoms with E-state index >= 15 is 0 Å². The van der Waals surface area contributed by atoms with Crippen LogP contribution in [0.25, 0.3) is 6.08 Å². The van der Waals surface area contributed by atoms with Crippen molar-refractivity contribution in [2.45, 2.75) is 18.4 Å². The molecule has 0 unspecified atom stereocenters. The van der Waals surface area contributed by atoms with Crippen molar-refractivity contribution in [1.82, 2.24) is 4.31 Å². The number of benzene rings is 2. The monoisotopic (exact) mass is 369 g/mol. The number of esters is 1. The zero-order chi connectivity index (χ0) is 18.2. The molecular weight excluding hydrogens is 350 g/mol. The molecule has 0 aromatic heterocycles. The average molecular weight is 369 g/mol. The van der Waals surface area contributed by atoms with Crippen LogP contribution in [0, 0.1) is 0 Å². The fourth-order valence-corrected chi connectivity index (χ4v) is 4.83. The van der Waals surface area contributed by atoms with Crippen LogP contribution in [0.2, 0.25) is 0 Å². The number of ether oxygens (including phenoxy) is 1. The van der Waals surface area contributed by atoms with E-state index < -0.39 is 15.6 Å². The fourth-order valence-electron chi connectivity index (χ4n) is 3.63. The van der Waals surface area contributed by atoms with Gasteiger partial charge in [-0.15, -0.1) is 0 Å². The molecule has 0 N–H and O–H groups in total. The topological polar surface area (TPSA) is 63.7 Å². The number of fused-ring (bicyclic) bond motifs is 2. The van der Waals surface area contributed by atoms with Crippen LogP contribution in [0.5, 0.6) is 0 Å². The van der Waals surface area contributed by atoms with Crippen molar-refractivity contribution in [1.29, 1.82) is 0 Å². The third kappa shape index (κ3) is 2.95. The Bertz CT molecular complexity index is 958. The lowest BCUT2D eigenvalue weighted by Crippen LogP contribution is -2.44. The van der Waals surface area contributed by atoms with Gasteiger partial charge < -0.3 is 4.74 Å². The normalized spacial score (nSPS) is 19.6. The van der Waals surface area contributed by atoms with Gasteiger partial charge in [0.2, 0.25) is 10.0 Å². The highest BCUT2D eigenvalue weighted by Gasteiger charge is 2.48. The molecule has 2 aromatic carbocycles. The molecule has 6 heteroatoms. The zero-order valence-electron chi connectivity index (χ0n) is 14.2. The predicted molar refractivity (Wildman–Crippen MR) is 98.7 cm³/mol. The van der Waals surface area contributed by atoms with Gasteiger partial charge in [-0.25, -0.2) is 13.2 Å². The molecule has 0 saturated carbocycles. The minimum Gasteiger partial charge on any atom is -0.450 e. The molecule has 26 heavy (non-hydrogen) atoms. The van der Waals surface area contributed by atoms with Gasteiger partial charge in [0.15, 0.2) is 0 Å². The second kappa shape index (κ2) is 6.37. The number of sulfonamides is 1. The second-order valence-corrected chi connectivity index (χ2v) is 8.41. The van der Waals surface area contributed by atoms with Gasteiger partial charge in [-0.2, -0.15) is 4.31 Å². The molecule has 2 heterocycles. The van der Waals surface area contributed by atoms with Crippen LogP contribution in [0.4, 0.5) is 0 Å². The van der Waals surface area contributed by atoms with Crippen LogP contribution in [-0.2, 0) is 20.4 Å². The first kappa shape index (κ1) is 17.0. The standard InChI is InChI=1S/C20H19NO4S/c22-19-17-8-4-5-9-18(17)20(25-19)11-13-21(14-12-20)26(23,24)15-10-16-6-2-1-3-7-16/h1-10,15H,11-14H2. The Morgan fingerprint density at radius 3 is 2.35 bits per heavy atom. The lowest BCUT2D eigenvalue weighted by molar-refractivity contribution is -0.0328. The molecule has 134 valence electrons. The van der Waals surface area contributed by atoms with Gasteiger partial charge in [0.25, 0.3) is 0 Å². The van der Waals surface area contributed by atoms with Crippen molar-refractivity contribution in [2.24, 2.45) is 0 Å². The number of piperidine rings is 1. The maximum atomic E-state index is 12.6. The van der Waals surface area contributed by atoms with Gasteiger partial charge >= 0.3 is 5.97 Å². The van der Waals surface area contributed by atoms with Gasteiger partial charge in [0, 0.05) is 36.9 Å². The Labute approximate surface area is 153 Å². The van der Waals surface area contributed by atoms with Gasteiger partial charge in [-0.05, 0) is 17.7 Å². The van der Waals surface area contributed by atoms with Crippen molar-refractivity contribution >= 4 is 22.1 Å². The summed E-state index contributed by atoms with van der Waals surface area (Å²) in [7, 11) is -3.51. The summed E-state index contributed by atoms with van der Waals surface area (Å²) in [5.41, 5.74) is 1.61. The molecule has 1 spiro atoms. The molecule has 2 aromatic rings. The summed E-state index contributed by atoms with van der Waals surface area (Å²) in [6.07, 6.45) is 2.53. The van der Waals surface area contributed by atoms with Crippen molar-refractivity contribution in [3.63, 3.8) is 0 Å². The van der Waals surface area contributed by atoms with Crippen LogP contribution in [0.15, 0.2) is 60.0 Å². The zero-order valence-corrected chi connectivity index (χ0v) is 15.0. The number of nitrogens with zero attached hydrogens (tertiary/aromatic N) is 1. The van der Waals surface area contributed by atoms with E-state index in [9.17, 15) is 13.2 Å². The highest BCUT2D eigenvalue weighted by atomic mass is 32.2. The Kier molecular flexibility index (Phi) is 4.17. The SMILES string of the molecule is O=C1OC2(CCN(S(=O)(=O)C=Cc3ccccc3)CC2)c2ccccc21. The third-order valence-electron chi connectivity index (χ3n) is 5.05. The molecule has 5 nitrogen and oxygen atoms in total. The van der Waals surface area contributed by atoms with Crippen LogP contribution in [0.3, 0.4) is 0 Å². The maximum Gasteiger partial charge on any atom is 0.339 e. The molecule has 0 aliphatic carbocycles. The van der Waals surface area contributed by atoms with E-state index in [0.717, 1.165) is 11.1 Å². The summed E-state index contributed by atoms with van der Waals surface area (Å²) < 4.78 is 32.3. The van der Waals surface area contributed by atoms with Gasteiger partial charge in [0.1, 0.15) is 5.60 Å². The Balaban J connectivity index is 1.51. The lowest BCUT2D eigenvalue weighted by Gasteiger charge is -2.37. The van der Waals surface area contributed by atoms with E-state index in [4.69, 9.17) is 4.74 Å². The maximum absolute atomic E-state index is 12.6. The summed E-state index contributed by atoms with van der Waals surface area (Å²) in [5.74, 6) is -0.319. The first-order valence-corrected chi connectivity index (χ1v) is 10.1. The van der Waals surface area contributed by atoms with Crippen LogP contribution >= 0.6 is 0 Å². The number of carbonyl (C=O) groups excluding carboxylic acids is 1. The number of hydrogen-bond donors (Lipinski definition) is 0. The molecule has 1 saturated heterocycles. The second-order valence-electron chi connectivity index (χ2n) is 6.59. The molecule has 2 aliphatic heterocycles. The molecule has 0 atom stereocenters. The summed E-state index contributed by atoms with van der Waals surface area (Å²) >= 11 is 0. The first-order valence-electron chi connectivity index (χ1n) is 8.56. The minimum absolute atomic E-state index is 0.319. The molecule has 0 bridgehead atoms. The van der Waals surface area contributed by atoms with Crippen LogP contribution in [-0.4, -0.2) is 31.8 Å². The number of rotatable bonds is 3. The summed E-state index contributed by atoms with van der Waals surface area (Å²) in [4.78, 5) is 12.1. The Morgan fingerprint density at radius 1 is 0.962 bits per heavy atom. The fraction of sp³-hybridized carbons (Fsp3) is 0.250. The van der Waals surface area contributed by atoms with E-state index in [1.165, 1.54) is 9.71 Å². The van der Waals surface area contributed by atoms with Gasteiger partial charge in [0.05, 0.1) is 5.56 Å². The van der Waals surface area contributed by atoms with E-state index in [2.05, 4.69) is 0 Å². The van der Waals surface area contributed by atoms with Crippen molar-refractivity contribution in [3.8, 4) is 0 Å². The Hall–Kier alpha value is -2.44. The molecule has 1 fully saturated rings. The molecule has 2 aliphatic rings. The van der Waals surface area contributed by atoms with Crippen molar-refractivity contribution in [2.75, 3.05) is 13.1 Å². The Morgan fingerprint density at radius 2 is 1.62 bits per heavy atom. The third-order valence-corrected chi connectivity index (χ3v) is 6.61. The first-order chi connectivity index (χ1) is 12.5. The molecular formula is C20H19NO4S. The molecule has 4 rings (SSSR count). The quantitative estimate of drug-likeness (QED) is 0.780. The predicted octanol–water partition coefficient (Wildman–Crippen LogP) is 3.15. The van der Waals surface area contributed by atoms with Crippen molar-refractivity contribution < 1.29 is 17.9 Å². The number of carbonyl (C=O) groups is 1. The van der Waals surface area contributed by atoms with Crippen LogP contribution < -0.4 is 0 Å². The van der Waals surface area contributed by atoms with Gasteiger partial charge in [-0.3, -0.25) is 0 Å². The molecule has 0 radical (unpaired) electrons. The van der Waals surface area contributed by atoms with E-state index in [0.29, 0.717) is 31.5 Å². The summed E-state index contributed by atoms with van der Waals surface area (Å²) in [6, 6.07) is 16.7. The van der Waals surface area contributed by atoms with Gasteiger partial charge in [-0.1, -0.05) is 48.5 Å².